The summed E-state index contributed by atoms with van der Waals surface area (Å²) in [6.45, 7) is 0.643. The number of hydrogen-bond donors (Lipinski definition) is 0. The summed E-state index contributed by atoms with van der Waals surface area (Å²) in [5, 5.41) is 3.12. The van der Waals surface area contributed by atoms with Crippen molar-refractivity contribution < 1.29 is 9.47 Å². The molecule has 6 heteroatoms. The molecular formula is C27H21ClN2O3. The lowest BCUT2D eigenvalue weighted by atomic mass is 10.1. The zero-order valence-corrected chi connectivity index (χ0v) is 18.8. The molecule has 0 saturated carbocycles. The van der Waals surface area contributed by atoms with E-state index in [-0.39, 0.29) is 5.56 Å². The maximum absolute atomic E-state index is 13.4. The first-order valence-electron chi connectivity index (χ1n) is 10.6. The van der Waals surface area contributed by atoms with E-state index in [0.29, 0.717) is 34.9 Å². The van der Waals surface area contributed by atoms with Crippen molar-refractivity contribution in [2.24, 2.45) is 0 Å². The maximum atomic E-state index is 13.4. The Balaban J connectivity index is 1.51. The zero-order chi connectivity index (χ0) is 22.8. The van der Waals surface area contributed by atoms with Gasteiger partial charge < -0.3 is 9.47 Å². The third kappa shape index (κ3) is 4.03. The van der Waals surface area contributed by atoms with Crippen molar-refractivity contribution in [3.8, 4) is 22.9 Å². The minimum Gasteiger partial charge on any atom is -0.497 e. The second kappa shape index (κ2) is 8.96. The van der Waals surface area contributed by atoms with Crippen LogP contribution in [0.1, 0.15) is 0 Å². The number of benzene rings is 4. The zero-order valence-electron chi connectivity index (χ0n) is 18.0. The highest BCUT2D eigenvalue weighted by molar-refractivity contribution is 6.35. The van der Waals surface area contributed by atoms with E-state index < -0.39 is 0 Å². The molecule has 0 aliphatic carbocycles. The van der Waals surface area contributed by atoms with Gasteiger partial charge in [0, 0.05) is 21.4 Å². The number of ether oxygens (including phenoxy) is 2. The van der Waals surface area contributed by atoms with E-state index in [1.807, 2.05) is 78.9 Å². The standard InChI is InChI=1S/C27H21ClN2O3/c1-32-19-12-10-18(11-13-19)26-29-24-9-5-4-8-22(24)27(31)30(26)16-17-33-25-15-14-23(28)20-6-2-3-7-21(20)25/h2-15H,16-17H2,1H3. The van der Waals surface area contributed by atoms with Crippen molar-refractivity contribution in [3.05, 3.63) is 100 Å². The summed E-state index contributed by atoms with van der Waals surface area (Å²) in [5.74, 6) is 2.06. The maximum Gasteiger partial charge on any atom is 0.261 e. The van der Waals surface area contributed by atoms with Crippen molar-refractivity contribution in [1.29, 1.82) is 0 Å². The van der Waals surface area contributed by atoms with Crippen LogP contribution in [0.25, 0.3) is 33.1 Å². The van der Waals surface area contributed by atoms with Gasteiger partial charge in [-0.2, -0.15) is 0 Å². The third-order valence-electron chi connectivity index (χ3n) is 5.61. The lowest BCUT2D eigenvalue weighted by Gasteiger charge is -2.15. The molecule has 0 saturated heterocycles. The van der Waals surface area contributed by atoms with Crippen LogP contribution in [0.4, 0.5) is 0 Å². The van der Waals surface area contributed by atoms with Crippen LogP contribution in [-0.4, -0.2) is 23.3 Å². The van der Waals surface area contributed by atoms with Gasteiger partial charge in [-0.3, -0.25) is 9.36 Å². The molecule has 0 radical (unpaired) electrons. The first-order chi connectivity index (χ1) is 16.2. The van der Waals surface area contributed by atoms with Gasteiger partial charge in [-0.25, -0.2) is 4.98 Å². The van der Waals surface area contributed by atoms with E-state index in [9.17, 15) is 4.79 Å². The molecule has 0 fully saturated rings. The van der Waals surface area contributed by atoms with Gasteiger partial charge in [-0.15, -0.1) is 0 Å². The molecule has 0 aliphatic heterocycles. The van der Waals surface area contributed by atoms with Gasteiger partial charge in [0.25, 0.3) is 5.56 Å². The van der Waals surface area contributed by atoms with Crippen molar-refractivity contribution in [1.82, 2.24) is 9.55 Å². The summed E-state index contributed by atoms with van der Waals surface area (Å²) in [5.41, 5.74) is 1.39. The van der Waals surface area contributed by atoms with Crippen LogP contribution in [0, 0.1) is 0 Å². The first kappa shape index (κ1) is 21.0. The fraction of sp³-hybridized carbons (Fsp3) is 0.111. The van der Waals surface area contributed by atoms with Crippen LogP contribution in [0.15, 0.2) is 89.7 Å². The average molecular weight is 457 g/mol. The number of hydrogen-bond acceptors (Lipinski definition) is 4. The number of halogens is 1. The van der Waals surface area contributed by atoms with E-state index in [1.165, 1.54) is 0 Å². The highest BCUT2D eigenvalue weighted by atomic mass is 35.5. The van der Waals surface area contributed by atoms with E-state index in [2.05, 4.69) is 0 Å². The Bertz CT molecular complexity index is 1510. The van der Waals surface area contributed by atoms with Gasteiger partial charge in [-0.05, 0) is 48.5 Å². The molecule has 33 heavy (non-hydrogen) atoms. The molecule has 1 aromatic heterocycles. The molecule has 0 spiro atoms. The molecule has 0 aliphatic rings. The van der Waals surface area contributed by atoms with Crippen LogP contribution in [0.5, 0.6) is 11.5 Å². The minimum absolute atomic E-state index is 0.101. The quantitative estimate of drug-likeness (QED) is 0.316. The van der Waals surface area contributed by atoms with E-state index in [0.717, 1.165) is 27.8 Å². The van der Waals surface area contributed by atoms with Crippen LogP contribution in [-0.2, 0) is 6.54 Å². The highest BCUT2D eigenvalue weighted by Gasteiger charge is 2.14. The summed E-state index contributed by atoms with van der Waals surface area (Å²) in [7, 11) is 1.62. The minimum atomic E-state index is -0.101. The fourth-order valence-corrected chi connectivity index (χ4v) is 4.17. The number of aromatic nitrogens is 2. The SMILES string of the molecule is COc1ccc(-c2nc3ccccc3c(=O)n2CCOc2ccc(Cl)c3ccccc23)cc1. The Morgan fingerprint density at radius 2 is 1.55 bits per heavy atom. The molecule has 5 aromatic rings. The number of rotatable bonds is 6. The van der Waals surface area contributed by atoms with Crippen LogP contribution < -0.4 is 15.0 Å². The lowest BCUT2D eigenvalue weighted by Crippen LogP contribution is -2.26. The predicted octanol–water partition coefficient (Wildman–Crippen LogP) is 5.96. The summed E-state index contributed by atoms with van der Waals surface area (Å²) in [6, 6.07) is 26.4. The van der Waals surface area contributed by atoms with Crippen molar-refractivity contribution in [2.45, 2.75) is 6.54 Å². The second-order valence-electron chi connectivity index (χ2n) is 7.58. The first-order valence-corrected chi connectivity index (χ1v) is 11.0. The fourth-order valence-electron chi connectivity index (χ4n) is 3.94. The Labute approximate surface area is 195 Å². The van der Waals surface area contributed by atoms with Gasteiger partial charge in [-0.1, -0.05) is 48.0 Å². The topological polar surface area (TPSA) is 53.3 Å². The molecule has 5 nitrogen and oxygen atoms in total. The van der Waals surface area contributed by atoms with Gasteiger partial charge in [0.1, 0.15) is 23.9 Å². The molecule has 0 N–H and O–H groups in total. The summed E-state index contributed by atoms with van der Waals surface area (Å²) in [6.07, 6.45) is 0. The van der Waals surface area contributed by atoms with Crippen molar-refractivity contribution in [2.75, 3.05) is 13.7 Å². The lowest BCUT2D eigenvalue weighted by molar-refractivity contribution is 0.300. The van der Waals surface area contributed by atoms with Crippen LogP contribution in [0.2, 0.25) is 5.02 Å². The number of methoxy groups -OCH3 is 1. The van der Waals surface area contributed by atoms with Gasteiger partial charge in [0.05, 0.1) is 24.6 Å². The number of nitrogens with zero attached hydrogens (tertiary/aromatic N) is 2. The summed E-state index contributed by atoms with van der Waals surface area (Å²) in [4.78, 5) is 18.2. The molecule has 5 rings (SSSR count). The molecule has 164 valence electrons. The molecular weight excluding hydrogens is 436 g/mol. The second-order valence-corrected chi connectivity index (χ2v) is 7.98. The Morgan fingerprint density at radius 1 is 0.848 bits per heavy atom. The van der Waals surface area contributed by atoms with E-state index in [1.54, 1.807) is 17.7 Å². The van der Waals surface area contributed by atoms with E-state index in [4.69, 9.17) is 26.1 Å². The number of para-hydroxylation sites is 1. The van der Waals surface area contributed by atoms with E-state index >= 15 is 0 Å². The normalized spacial score (nSPS) is 11.1. The van der Waals surface area contributed by atoms with Gasteiger partial charge >= 0.3 is 0 Å². The van der Waals surface area contributed by atoms with Crippen molar-refractivity contribution >= 4 is 33.3 Å². The predicted molar refractivity (Wildman–Crippen MR) is 132 cm³/mol. The average Bonchev–Trinajstić information content (AvgIpc) is 2.87. The monoisotopic (exact) mass is 456 g/mol. The Hall–Kier alpha value is -3.83. The molecule has 4 aromatic carbocycles. The largest absolute Gasteiger partial charge is 0.497 e. The summed E-state index contributed by atoms with van der Waals surface area (Å²) >= 11 is 6.33. The molecule has 0 atom stereocenters. The third-order valence-corrected chi connectivity index (χ3v) is 5.94. The highest BCUT2D eigenvalue weighted by Crippen LogP contribution is 2.31. The van der Waals surface area contributed by atoms with Crippen LogP contribution >= 0.6 is 11.6 Å². The van der Waals surface area contributed by atoms with Gasteiger partial charge in [0.2, 0.25) is 0 Å². The Kier molecular flexibility index (Phi) is 5.71. The molecule has 0 amide bonds. The summed E-state index contributed by atoms with van der Waals surface area (Å²) < 4.78 is 13.0. The van der Waals surface area contributed by atoms with Crippen molar-refractivity contribution in [3.63, 3.8) is 0 Å². The smallest absolute Gasteiger partial charge is 0.261 e. The molecule has 1 heterocycles. The molecule has 0 bridgehead atoms. The van der Waals surface area contributed by atoms with Gasteiger partial charge in [0.15, 0.2) is 0 Å². The van der Waals surface area contributed by atoms with Crippen LogP contribution in [0.3, 0.4) is 0 Å². The Morgan fingerprint density at radius 3 is 2.30 bits per heavy atom. The molecule has 0 unspecified atom stereocenters. The number of fused-ring (bicyclic) bond motifs is 2.